The number of nitrogens with two attached hydrogens (primary N) is 1. The molecule has 0 spiro atoms. The summed E-state index contributed by atoms with van der Waals surface area (Å²) in [6.07, 6.45) is 0. The number of nitrogen functional groups attached to an aromatic ring is 1. The Kier molecular flexibility index (Phi) is 9.43. The van der Waals surface area contributed by atoms with Crippen molar-refractivity contribution < 1.29 is 46.6 Å². The number of benzene rings is 1. The molecule has 2 heterocycles. The van der Waals surface area contributed by atoms with Gasteiger partial charge in [0.15, 0.2) is 10.8 Å². The Balaban J connectivity index is 1.77. The monoisotopic (exact) mass is 627 g/mol. The molecular weight excluding hydrogens is 602 g/mol. The quantitative estimate of drug-likeness (QED) is 0.0579. The summed E-state index contributed by atoms with van der Waals surface area (Å²) in [6.45, 7) is 3.02. The highest BCUT2D eigenvalue weighted by atomic mass is 32.2. The average molecular weight is 628 g/mol. The van der Waals surface area contributed by atoms with Crippen LogP contribution < -0.4 is 16.4 Å². The first-order chi connectivity index (χ1) is 19.5. The second kappa shape index (κ2) is 12.4. The molecule has 1 fully saturated rings. The summed E-state index contributed by atoms with van der Waals surface area (Å²) >= 11 is 0.935. The van der Waals surface area contributed by atoms with Crippen molar-refractivity contribution in [3.63, 3.8) is 0 Å². The molecule has 3 amide bonds. The van der Waals surface area contributed by atoms with Gasteiger partial charge in [0.05, 0.1) is 11.0 Å². The van der Waals surface area contributed by atoms with Crippen LogP contribution in [0, 0.1) is 10.1 Å². The van der Waals surface area contributed by atoms with Gasteiger partial charge in [0.2, 0.25) is 11.5 Å². The first-order valence-corrected chi connectivity index (χ1v) is 14.0. The zero-order valence-electron chi connectivity index (χ0n) is 22.2. The number of non-ortho nitro benzene ring substituents is 1. The lowest BCUT2D eigenvalue weighted by atomic mass is 9.98. The number of carbonyl (C=O) groups excluding carboxylic acids is 4. The van der Waals surface area contributed by atoms with Gasteiger partial charge in [-0.25, -0.2) is 14.1 Å². The lowest BCUT2D eigenvalue weighted by Gasteiger charge is -2.44. The van der Waals surface area contributed by atoms with Crippen LogP contribution in [0.1, 0.15) is 32.0 Å². The molecule has 1 saturated heterocycles. The van der Waals surface area contributed by atoms with Gasteiger partial charge >= 0.3 is 16.3 Å². The van der Waals surface area contributed by atoms with Crippen molar-refractivity contribution in [1.82, 2.24) is 19.9 Å². The topological polar surface area (TPSA) is 263 Å². The van der Waals surface area contributed by atoms with Crippen molar-refractivity contribution in [1.29, 1.82) is 0 Å². The van der Waals surface area contributed by atoms with Crippen LogP contribution in [0.2, 0.25) is 0 Å². The van der Waals surface area contributed by atoms with E-state index in [0.29, 0.717) is 5.56 Å². The van der Waals surface area contributed by atoms with E-state index in [4.69, 9.17) is 15.3 Å². The molecule has 2 unspecified atom stereocenters. The number of thiazole rings is 1. The Morgan fingerprint density at radius 2 is 1.93 bits per heavy atom. The van der Waals surface area contributed by atoms with E-state index in [2.05, 4.69) is 20.8 Å². The molecule has 226 valence electrons. The molecule has 1 aliphatic rings. The highest BCUT2D eigenvalue weighted by molar-refractivity contribution is 7.84. The number of aromatic nitrogens is 1. The molecule has 5 N–H and O–H groups in total. The number of nitro groups is 1. The van der Waals surface area contributed by atoms with Crippen molar-refractivity contribution in [2.24, 2.45) is 5.16 Å². The molecular formula is C22H25N7O11S2. The summed E-state index contributed by atoms with van der Waals surface area (Å²) in [7, 11) is -5.00. The summed E-state index contributed by atoms with van der Waals surface area (Å²) in [5.41, 5.74) is 3.52. The van der Waals surface area contributed by atoms with Crippen LogP contribution in [0.3, 0.4) is 0 Å². The molecule has 0 bridgehead atoms. The zero-order chi connectivity index (χ0) is 31.4. The van der Waals surface area contributed by atoms with Gasteiger partial charge in [0.1, 0.15) is 18.3 Å². The molecule has 2 aromatic rings. The molecule has 0 radical (unpaired) electrons. The lowest BCUT2D eigenvalue weighted by Crippen LogP contribution is -2.74. The van der Waals surface area contributed by atoms with Gasteiger partial charge in [0, 0.05) is 31.0 Å². The van der Waals surface area contributed by atoms with E-state index < -0.39 is 68.9 Å². The first kappa shape index (κ1) is 31.8. The molecule has 18 nitrogen and oxygen atoms in total. The maximum absolute atomic E-state index is 13.2. The molecule has 42 heavy (non-hydrogen) atoms. The van der Waals surface area contributed by atoms with E-state index in [0.717, 1.165) is 18.3 Å². The van der Waals surface area contributed by atoms with Gasteiger partial charge in [-0.05, 0) is 31.5 Å². The molecule has 20 heteroatoms. The number of amides is 3. The van der Waals surface area contributed by atoms with E-state index >= 15 is 0 Å². The summed E-state index contributed by atoms with van der Waals surface area (Å²) in [5.74, 6) is -3.76. The highest BCUT2D eigenvalue weighted by Gasteiger charge is 2.54. The van der Waals surface area contributed by atoms with E-state index in [1.807, 2.05) is 0 Å². The second-order valence-corrected chi connectivity index (χ2v) is 11.4. The predicted octanol–water partition coefficient (Wildman–Crippen LogP) is -0.489. The molecule has 1 aliphatic heterocycles. The predicted molar refractivity (Wildman–Crippen MR) is 144 cm³/mol. The minimum atomic E-state index is -5.00. The molecule has 1 aromatic heterocycles. The number of oxime groups is 1. The van der Waals surface area contributed by atoms with Crippen LogP contribution in [0.4, 0.5) is 10.8 Å². The maximum Gasteiger partial charge on any atom is 0.362 e. The van der Waals surface area contributed by atoms with Gasteiger partial charge in [-0.3, -0.25) is 29.1 Å². The van der Waals surface area contributed by atoms with Crippen LogP contribution in [-0.2, 0) is 45.7 Å². The van der Waals surface area contributed by atoms with E-state index in [1.54, 1.807) is 0 Å². The number of ether oxygens (including phenoxy) is 1. The highest BCUT2D eigenvalue weighted by Crippen LogP contribution is 2.24. The van der Waals surface area contributed by atoms with Crippen molar-refractivity contribution in [3.8, 4) is 0 Å². The van der Waals surface area contributed by atoms with E-state index in [9.17, 15) is 42.3 Å². The van der Waals surface area contributed by atoms with Gasteiger partial charge in [-0.2, -0.15) is 8.42 Å². The number of nitro benzene ring substituents is 1. The van der Waals surface area contributed by atoms with Crippen molar-refractivity contribution >= 4 is 61.9 Å². The SMILES string of the molecule is CC(=O)NCC1C(NC(=O)/C(=N\OC(C)(C)C(=O)OCc2ccc([N+](=O)[O-])cc2)c2csc(N)n2)C(=O)N1S(=O)(=O)O. The Bertz CT molecular complexity index is 1540. The smallest absolute Gasteiger partial charge is 0.362 e. The third-order valence-electron chi connectivity index (χ3n) is 5.62. The van der Waals surface area contributed by atoms with Crippen molar-refractivity contribution in [2.45, 2.75) is 45.1 Å². The minimum Gasteiger partial charge on any atom is -0.458 e. The summed E-state index contributed by atoms with van der Waals surface area (Å²) in [4.78, 5) is 69.1. The standard InChI is InChI=1S/C22H25N7O11S2/c1-11(30)24-8-15-17(19(32)28(15)42(36,37)38)26-18(31)16(14-10-41-21(23)25-14)27-40-22(2,3)20(33)39-9-12-4-6-13(7-5-12)29(34)35/h4-7,10,15,17H,8-9H2,1-3H3,(H2,23,25)(H,24,30)(H,26,31)(H,36,37,38)/b27-16-. The van der Waals surface area contributed by atoms with Crippen molar-refractivity contribution in [3.05, 3.63) is 51.0 Å². The van der Waals surface area contributed by atoms with Crippen LogP contribution in [0.15, 0.2) is 34.8 Å². The average Bonchev–Trinajstić information content (AvgIpc) is 3.32. The fraction of sp³-hybridized carbons (Fsp3) is 0.364. The number of hydrogen-bond donors (Lipinski definition) is 4. The summed E-state index contributed by atoms with van der Waals surface area (Å²) in [6, 6.07) is 2.40. The van der Waals surface area contributed by atoms with Gasteiger partial charge in [0.25, 0.3) is 17.5 Å². The number of nitrogens with zero attached hydrogens (tertiary/aromatic N) is 4. The Morgan fingerprint density at radius 1 is 1.29 bits per heavy atom. The summed E-state index contributed by atoms with van der Waals surface area (Å²) in [5, 5.41) is 20.5. The molecule has 0 aliphatic carbocycles. The fourth-order valence-electron chi connectivity index (χ4n) is 3.45. The third-order valence-corrected chi connectivity index (χ3v) is 7.24. The normalized spacial score (nSPS) is 17.2. The molecule has 0 saturated carbocycles. The summed E-state index contributed by atoms with van der Waals surface area (Å²) < 4.78 is 37.9. The molecule has 3 rings (SSSR count). The minimum absolute atomic E-state index is 0.0353. The number of esters is 1. The number of β-lactam (4-membered cyclic amide) rings is 1. The number of rotatable bonds is 12. The Hall–Kier alpha value is -4.69. The second-order valence-electron chi connectivity index (χ2n) is 9.18. The van der Waals surface area contributed by atoms with E-state index in [1.165, 1.54) is 43.5 Å². The van der Waals surface area contributed by atoms with Gasteiger partial charge in [-0.1, -0.05) is 5.16 Å². The Morgan fingerprint density at radius 3 is 2.45 bits per heavy atom. The zero-order valence-corrected chi connectivity index (χ0v) is 23.8. The third kappa shape index (κ3) is 7.53. The van der Waals surface area contributed by atoms with Crippen LogP contribution in [0.25, 0.3) is 0 Å². The van der Waals surface area contributed by atoms with Crippen LogP contribution in [0.5, 0.6) is 0 Å². The first-order valence-electron chi connectivity index (χ1n) is 11.8. The maximum atomic E-state index is 13.2. The van der Waals surface area contributed by atoms with Crippen molar-refractivity contribution in [2.75, 3.05) is 12.3 Å². The van der Waals surface area contributed by atoms with Gasteiger partial charge in [-0.15, -0.1) is 11.3 Å². The molecule has 1 aromatic carbocycles. The van der Waals surface area contributed by atoms with Crippen LogP contribution >= 0.6 is 11.3 Å². The van der Waals surface area contributed by atoms with Gasteiger partial charge < -0.3 is 25.9 Å². The Labute approximate surface area is 241 Å². The van der Waals surface area contributed by atoms with E-state index in [-0.39, 0.29) is 27.4 Å². The fourth-order valence-corrected chi connectivity index (χ4v) is 4.88. The number of nitrogens with one attached hydrogen (secondary N) is 2. The number of anilines is 1. The largest absolute Gasteiger partial charge is 0.458 e. The lowest BCUT2D eigenvalue weighted by molar-refractivity contribution is -0.384. The van der Waals surface area contributed by atoms with Crippen LogP contribution in [-0.4, -0.2) is 80.8 Å². The number of hydrogen-bond acceptors (Lipinski definition) is 14. The number of carbonyl (C=O) groups is 4. The molecule has 2 atom stereocenters.